The topological polar surface area (TPSA) is 33.6 Å². The number of aryl methyl sites for hydroxylation is 4. The molecule has 398 valence electrons. The number of halogens is 6. The SMILES string of the molecule is Cc1cccc(-c2ccc3c(c2)c2cc(-c4cccc(C)c4)ccc2n3-c2ccc(C#N)cc2-c2ccc(-c3ccc(C(F)(F)F)cc3C(F)(F)F)cc2-n2c3ccc(-c4cccc(C)c4)cc3c3cc(-c4cccc(C)c4)ccc32)c1. The van der Waals surface area contributed by atoms with Crippen molar-refractivity contribution in [3.05, 3.63) is 263 Å². The predicted molar refractivity (Wildman–Crippen MR) is 321 cm³/mol. The predicted octanol–water partition coefficient (Wildman–Crippen LogP) is 21.0. The maximum atomic E-state index is 15.3. The number of aromatic nitrogens is 2. The first-order valence-corrected chi connectivity index (χ1v) is 26.9. The van der Waals surface area contributed by atoms with Gasteiger partial charge in [0.15, 0.2) is 0 Å². The summed E-state index contributed by atoms with van der Waals surface area (Å²) in [7, 11) is 0. The van der Waals surface area contributed by atoms with E-state index in [1.807, 2.05) is 91.2 Å². The van der Waals surface area contributed by atoms with Crippen LogP contribution in [0.15, 0.2) is 224 Å². The molecule has 13 rings (SSSR count). The fourth-order valence-electron chi connectivity index (χ4n) is 11.9. The van der Waals surface area contributed by atoms with Crippen LogP contribution >= 0.6 is 0 Å². The van der Waals surface area contributed by atoms with Crippen LogP contribution in [0, 0.1) is 39.0 Å². The van der Waals surface area contributed by atoms with Gasteiger partial charge in [0.2, 0.25) is 0 Å². The quantitative estimate of drug-likeness (QED) is 0.140. The molecule has 0 aliphatic heterocycles. The second kappa shape index (κ2) is 19.7. The highest BCUT2D eigenvalue weighted by atomic mass is 19.4. The summed E-state index contributed by atoms with van der Waals surface area (Å²) in [6.45, 7) is 8.22. The lowest BCUT2D eigenvalue weighted by Crippen LogP contribution is -2.12. The van der Waals surface area contributed by atoms with Gasteiger partial charge in [0, 0.05) is 32.7 Å². The van der Waals surface area contributed by atoms with Gasteiger partial charge in [0.25, 0.3) is 0 Å². The van der Waals surface area contributed by atoms with Gasteiger partial charge in [0.1, 0.15) is 0 Å². The Labute approximate surface area is 469 Å². The zero-order valence-electron chi connectivity index (χ0n) is 45.0. The van der Waals surface area contributed by atoms with Gasteiger partial charge >= 0.3 is 12.4 Å². The summed E-state index contributed by atoms with van der Waals surface area (Å²) in [6, 6.07) is 73.0. The number of fused-ring (bicyclic) bond motifs is 6. The van der Waals surface area contributed by atoms with Crippen LogP contribution in [0.4, 0.5) is 26.3 Å². The lowest BCUT2D eigenvalue weighted by molar-refractivity contribution is -0.142. The molecule has 0 spiro atoms. The molecule has 9 heteroatoms. The summed E-state index contributed by atoms with van der Waals surface area (Å²) < 4.78 is 92.7. The summed E-state index contributed by atoms with van der Waals surface area (Å²) in [6.07, 6.45) is -10.2. The van der Waals surface area contributed by atoms with Gasteiger partial charge in [-0.25, -0.2) is 0 Å². The van der Waals surface area contributed by atoms with Crippen LogP contribution in [0.25, 0.3) is 122 Å². The molecule has 2 aromatic heterocycles. The summed E-state index contributed by atoms with van der Waals surface area (Å²) in [5.74, 6) is 0. The minimum atomic E-state index is -5.15. The maximum absolute atomic E-state index is 15.3. The van der Waals surface area contributed by atoms with E-state index in [1.54, 1.807) is 18.2 Å². The van der Waals surface area contributed by atoms with E-state index in [0.717, 1.165) is 116 Å². The van der Waals surface area contributed by atoms with Crippen molar-refractivity contribution < 1.29 is 26.3 Å². The second-order valence-corrected chi connectivity index (χ2v) is 21.4. The Bertz CT molecular complexity index is 4590. The fraction of sp³-hybridized carbons (Fsp3) is 0.0822. The van der Waals surface area contributed by atoms with Gasteiger partial charge in [0.05, 0.1) is 56.2 Å². The van der Waals surface area contributed by atoms with Crippen molar-refractivity contribution in [2.75, 3.05) is 0 Å². The standard InChI is InChI=1S/C73H49F6N3/c1-43-9-5-13-48(31-43)52-19-27-67-61(36-52)62-37-53(49-14-6-10-44(2)32-49)20-28-68(62)81(67)66-26-17-47(42-80)35-60(66)59-24-18-56(58-25-23-57(72(74,75)76)41-65(58)73(77,78)79)40-71(59)82-69-29-21-54(50-15-7-11-45(3)33-50)38-63(69)64-39-55(22-30-70(64)82)51-16-8-12-46(4)34-51/h5-41H,1-4H3. The van der Waals surface area contributed by atoms with Gasteiger partial charge in [-0.15, -0.1) is 0 Å². The van der Waals surface area contributed by atoms with E-state index in [1.165, 1.54) is 6.07 Å². The van der Waals surface area contributed by atoms with Crippen molar-refractivity contribution in [2.24, 2.45) is 0 Å². The van der Waals surface area contributed by atoms with Gasteiger partial charge < -0.3 is 9.13 Å². The normalized spacial score (nSPS) is 12.0. The first-order valence-electron chi connectivity index (χ1n) is 26.9. The number of hydrogen-bond acceptors (Lipinski definition) is 1. The molecule has 0 fully saturated rings. The average molecular weight is 1080 g/mol. The van der Waals surface area contributed by atoms with Crippen molar-refractivity contribution in [3.63, 3.8) is 0 Å². The lowest BCUT2D eigenvalue weighted by atomic mass is 9.92. The molecule has 11 aromatic carbocycles. The van der Waals surface area contributed by atoms with Crippen LogP contribution in [-0.4, -0.2) is 9.13 Å². The van der Waals surface area contributed by atoms with Gasteiger partial charge in [-0.2, -0.15) is 31.6 Å². The number of nitriles is 1. The van der Waals surface area contributed by atoms with E-state index in [2.05, 4.69) is 134 Å². The summed E-state index contributed by atoms with van der Waals surface area (Å²) in [5.41, 5.74) is 15.2. The molecule has 0 N–H and O–H groups in total. The van der Waals surface area contributed by atoms with E-state index < -0.39 is 29.0 Å². The van der Waals surface area contributed by atoms with Crippen LogP contribution in [0.5, 0.6) is 0 Å². The van der Waals surface area contributed by atoms with Crippen molar-refractivity contribution in [1.82, 2.24) is 9.13 Å². The number of rotatable bonds is 8. The van der Waals surface area contributed by atoms with Crippen LogP contribution in [0.2, 0.25) is 0 Å². The number of nitrogens with zero attached hydrogens (tertiary/aromatic N) is 3. The Morgan fingerprint density at radius 2 is 0.695 bits per heavy atom. The largest absolute Gasteiger partial charge is 0.417 e. The number of alkyl halides is 6. The molecular formula is C73H49F6N3. The third-order valence-electron chi connectivity index (χ3n) is 15.8. The molecule has 2 heterocycles. The summed E-state index contributed by atoms with van der Waals surface area (Å²) in [5, 5.41) is 14.4. The first kappa shape index (κ1) is 51.5. The van der Waals surface area contributed by atoms with Crippen LogP contribution in [0.1, 0.15) is 38.9 Å². The Morgan fingerprint density at radius 3 is 1.07 bits per heavy atom. The van der Waals surface area contributed by atoms with Crippen LogP contribution in [0.3, 0.4) is 0 Å². The number of hydrogen-bond donors (Lipinski definition) is 0. The molecule has 0 atom stereocenters. The molecule has 0 aliphatic rings. The van der Waals surface area contributed by atoms with Crippen LogP contribution in [-0.2, 0) is 12.4 Å². The van der Waals surface area contributed by atoms with E-state index in [-0.39, 0.29) is 11.6 Å². The van der Waals surface area contributed by atoms with Crippen LogP contribution < -0.4 is 0 Å². The van der Waals surface area contributed by atoms with Gasteiger partial charge in [-0.1, -0.05) is 162 Å². The highest BCUT2D eigenvalue weighted by molar-refractivity contribution is 6.14. The highest BCUT2D eigenvalue weighted by Crippen LogP contribution is 2.47. The third kappa shape index (κ3) is 9.16. The molecule has 0 unspecified atom stereocenters. The van der Waals surface area contributed by atoms with E-state index in [4.69, 9.17) is 0 Å². The summed E-state index contributed by atoms with van der Waals surface area (Å²) in [4.78, 5) is 0. The molecule has 0 saturated heterocycles. The van der Waals surface area contributed by atoms with Gasteiger partial charge in [-0.3, -0.25) is 0 Å². The number of benzene rings is 11. The molecule has 82 heavy (non-hydrogen) atoms. The van der Waals surface area contributed by atoms with E-state index in [0.29, 0.717) is 34.1 Å². The Kier molecular flexibility index (Phi) is 12.4. The smallest absolute Gasteiger partial charge is 0.309 e. The second-order valence-electron chi connectivity index (χ2n) is 21.4. The molecule has 3 nitrogen and oxygen atoms in total. The Hall–Kier alpha value is -9.91. The molecule has 0 aliphatic carbocycles. The van der Waals surface area contributed by atoms with Crippen molar-refractivity contribution >= 4 is 43.6 Å². The average Bonchev–Trinajstić information content (AvgIpc) is 3.99. The molecule has 0 amide bonds. The monoisotopic (exact) mass is 1080 g/mol. The Morgan fingerprint density at radius 1 is 0.317 bits per heavy atom. The maximum Gasteiger partial charge on any atom is 0.417 e. The van der Waals surface area contributed by atoms with Crippen molar-refractivity contribution in [1.29, 1.82) is 5.26 Å². The highest BCUT2D eigenvalue weighted by Gasteiger charge is 2.39. The zero-order valence-corrected chi connectivity index (χ0v) is 45.0. The summed E-state index contributed by atoms with van der Waals surface area (Å²) >= 11 is 0. The van der Waals surface area contributed by atoms with Crippen molar-refractivity contribution in [3.8, 4) is 84.2 Å². The third-order valence-corrected chi connectivity index (χ3v) is 15.8. The zero-order chi connectivity index (χ0) is 56.8. The van der Waals surface area contributed by atoms with E-state index in [9.17, 15) is 18.4 Å². The molecule has 0 bridgehead atoms. The van der Waals surface area contributed by atoms with Crippen molar-refractivity contribution in [2.45, 2.75) is 40.0 Å². The van der Waals surface area contributed by atoms with Gasteiger partial charge in [-0.05, 0) is 168 Å². The molecule has 13 aromatic rings. The fourth-order valence-corrected chi connectivity index (χ4v) is 11.9. The molecular weight excluding hydrogens is 1030 g/mol. The minimum Gasteiger partial charge on any atom is -0.309 e. The lowest BCUT2D eigenvalue weighted by Gasteiger charge is -2.21. The molecule has 0 radical (unpaired) electrons. The van der Waals surface area contributed by atoms with E-state index >= 15 is 13.2 Å². The first-order chi connectivity index (χ1) is 39.5. The minimum absolute atomic E-state index is 0.0461. The Balaban J connectivity index is 1.13. The molecule has 0 saturated carbocycles.